The van der Waals surface area contributed by atoms with Crippen molar-refractivity contribution < 1.29 is 8.42 Å². The Labute approximate surface area is 121 Å². The van der Waals surface area contributed by atoms with E-state index in [4.69, 9.17) is 0 Å². The van der Waals surface area contributed by atoms with Crippen molar-refractivity contribution in [2.75, 3.05) is 18.4 Å². The summed E-state index contributed by atoms with van der Waals surface area (Å²) in [5, 5.41) is 3.20. The molecule has 1 saturated carbocycles. The largest absolute Gasteiger partial charge is 0.383 e. The summed E-state index contributed by atoms with van der Waals surface area (Å²) in [4.78, 5) is 4.03. The zero-order valence-electron chi connectivity index (χ0n) is 12.1. The number of aromatic nitrogens is 1. The van der Waals surface area contributed by atoms with Gasteiger partial charge < -0.3 is 5.32 Å². The Bertz CT molecular complexity index is 541. The molecule has 1 aromatic heterocycles. The molecule has 0 saturated heterocycles. The molecule has 1 unspecified atom stereocenters. The predicted octanol–water partition coefficient (Wildman–Crippen LogP) is 2.23. The van der Waals surface area contributed by atoms with E-state index in [1.165, 1.54) is 19.0 Å². The molecular formula is C14H23N3O2S. The molecule has 0 radical (unpaired) electrons. The molecule has 0 spiro atoms. The van der Waals surface area contributed by atoms with Gasteiger partial charge in [0.25, 0.3) is 10.0 Å². The van der Waals surface area contributed by atoms with Gasteiger partial charge in [-0.1, -0.05) is 13.8 Å². The van der Waals surface area contributed by atoms with Crippen LogP contribution in [0.3, 0.4) is 0 Å². The summed E-state index contributed by atoms with van der Waals surface area (Å²) in [5.41, 5.74) is 0.570. The molecule has 1 fully saturated rings. The van der Waals surface area contributed by atoms with Gasteiger partial charge in [0, 0.05) is 19.3 Å². The normalized spacial score (nSPS) is 16.9. The Morgan fingerprint density at radius 3 is 2.85 bits per heavy atom. The van der Waals surface area contributed by atoms with Gasteiger partial charge in [0.2, 0.25) is 0 Å². The SMILES string of the molecule is CCCNc1cccnc1S(=O)(=O)NCC(C)C1CC1. The van der Waals surface area contributed by atoms with Crippen molar-refractivity contribution in [2.24, 2.45) is 11.8 Å². The first-order valence-corrected chi connectivity index (χ1v) is 8.71. The number of hydrogen-bond acceptors (Lipinski definition) is 4. The van der Waals surface area contributed by atoms with Gasteiger partial charge in [-0.15, -0.1) is 0 Å². The third kappa shape index (κ3) is 3.93. The van der Waals surface area contributed by atoms with Gasteiger partial charge >= 0.3 is 0 Å². The minimum atomic E-state index is -3.55. The van der Waals surface area contributed by atoms with Crippen LogP contribution >= 0.6 is 0 Å². The van der Waals surface area contributed by atoms with Gasteiger partial charge in [-0.05, 0) is 43.2 Å². The summed E-state index contributed by atoms with van der Waals surface area (Å²) < 4.78 is 27.4. The van der Waals surface area contributed by atoms with E-state index < -0.39 is 10.0 Å². The first-order valence-electron chi connectivity index (χ1n) is 7.23. The average Bonchev–Trinajstić information content (AvgIpc) is 3.27. The van der Waals surface area contributed by atoms with Gasteiger partial charge in [-0.25, -0.2) is 18.1 Å². The zero-order chi connectivity index (χ0) is 14.6. The number of sulfonamides is 1. The first-order chi connectivity index (χ1) is 9.54. The van der Waals surface area contributed by atoms with E-state index in [0.29, 0.717) is 24.1 Å². The van der Waals surface area contributed by atoms with Crippen LogP contribution in [0.1, 0.15) is 33.1 Å². The van der Waals surface area contributed by atoms with Gasteiger partial charge in [0.15, 0.2) is 5.03 Å². The van der Waals surface area contributed by atoms with Crippen molar-refractivity contribution in [1.82, 2.24) is 9.71 Å². The quantitative estimate of drug-likeness (QED) is 0.772. The van der Waals surface area contributed by atoms with Crippen LogP contribution in [0.4, 0.5) is 5.69 Å². The average molecular weight is 297 g/mol. The Morgan fingerprint density at radius 2 is 2.20 bits per heavy atom. The van der Waals surface area contributed by atoms with Crippen molar-refractivity contribution in [3.63, 3.8) is 0 Å². The summed E-state index contributed by atoms with van der Waals surface area (Å²) >= 11 is 0. The molecule has 20 heavy (non-hydrogen) atoms. The third-order valence-corrected chi connectivity index (χ3v) is 4.99. The number of pyridine rings is 1. The van der Waals surface area contributed by atoms with Crippen molar-refractivity contribution in [2.45, 2.75) is 38.1 Å². The maximum absolute atomic E-state index is 12.3. The predicted molar refractivity (Wildman–Crippen MR) is 80.1 cm³/mol. The highest BCUT2D eigenvalue weighted by Gasteiger charge is 2.29. The van der Waals surface area contributed by atoms with E-state index >= 15 is 0 Å². The monoisotopic (exact) mass is 297 g/mol. The van der Waals surface area contributed by atoms with Crippen LogP contribution in [0.15, 0.2) is 23.4 Å². The van der Waals surface area contributed by atoms with Crippen LogP contribution in [-0.4, -0.2) is 26.5 Å². The summed E-state index contributed by atoms with van der Waals surface area (Å²) in [6, 6.07) is 3.49. The van der Waals surface area contributed by atoms with E-state index in [9.17, 15) is 8.42 Å². The van der Waals surface area contributed by atoms with Gasteiger partial charge in [-0.3, -0.25) is 0 Å². The van der Waals surface area contributed by atoms with Gasteiger partial charge in [0.05, 0.1) is 5.69 Å². The molecule has 1 aliphatic carbocycles. The maximum Gasteiger partial charge on any atom is 0.260 e. The standard InChI is InChI=1S/C14H23N3O2S/c1-3-8-15-13-5-4-9-16-14(13)20(18,19)17-10-11(2)12-6-7-12/h4-5,9,11-12,15,17H,3,6-8,10H2,1-2H3. The fraction of sp³-hybridized carbons (Fsp3) is 0.643. The van der Waals surface area contributed by atoms with E-state index in [1.54, 1.807) is 12.1 Å². The number of nitrogens with zero attached hydrogens (tertiary/aromatic N) is 1. The molecule has 0 bridgehead atoms. The molecular weight excluding hydrogens is 274 g/mol. The third-order valence-electron chi connectivity index (χ3n) is 3.61. The molecule has 6 heteroatoms. The van der Waals surface area contributed by atoms with Crippen molar-refractivity contribution in [3.8, 4) is 0 Å². The van der Waals surface area contributed by atoms with Crippen LogP contribution in [0.5, 0.6) is 0 Å². The van der Waals surface area contributed by atoms with E-state index in [0.717, 1.165) is 13.0 Å². The Hall–Kier alpha value is -1.14. The number of rotatable bonds is 8. The Kier molecular flexibility index (Phi) is 4.99. The molecule has 1 atom stereocenters. The van der Waals surface area contributed by atoms with E-state index in [2.05, 4.69) is 21.9 Å². The second-order valence-electron chi connectivity index (χ2n) is 5.45. The lowest BCUT2D eigenvalue weighted by atomic mass is 10.1. The molecule has 0 aromatic carbocycles. The highest BCUT2D eigenvalue weighted by molar-refractivity contribution is 7.89. The fourth-order valence-corrected chi connectivity index (χ4v) is 3.39. The molecule has 0 amide bonds. The second-order valence-corrected chi connectivity index (χ2v) is 7.13. The lowest BCUT2D eigenvalue weighted by molar-refractivity contribution is 0.491. The number of hydrogen-bond donors (Lipinski definition) is 2. The fourth-order valence-electron chi connectivity index (χ4n) is 2.14. The summed E-state index contributed by atoms with van der Waals surface area (Å²) in [5.74, 6) is 1.07. The molecule has 0 aliphatic heterocycles. The second kappa shape index (κ2) is 6.54. The minimum absolute atomic E-state index is 0.0939. The van der Waals surface area contributed by atoms with Gasteiger partial charge in [-0.2, -0.15) is 0 Å². The lowest BCUT2D eigenvalue weighted by Crippen LogP contribution is -2.30. The van der Waals surface area contributed by atoms with Gasteiger partial charge in [0.1, 0.15) is 0 Å². The van der Waals surface area contributed by atoms with Crippen LogP contribution in [0.25, 0.3) is 0 Å². The first kappa shape index (κ1) is 15.3. The summed E-state index contributed by atoms with van der Waals surface area (Å²) in [6.45, 7) is 5.34. The van der Waals surface area contributed by atoms with Crippen LogP contribution in [0.2, 0.25) is 0 Å². The van der Waals surface area contributed by atoms with Crippen molar-refractivity contribution >= 4 is 15.7 Å². The molecule has 5 nitrogen and oxygen atoms in total. The van der Waals surface area contributed by atoms with E-state index in [1.807, 2.05) is 6.92 Å². The highest BCUT2D eigenvalue weighted by Crippen LogP contribution is 2.36. The topological polar surface area (TPSA) is 71.1 Å². The zero-order valence-corrected chi connectivity index (χ0v) is 12.9. The van der Waals surface area contributed by atoms with Crippen molar-refractivity contribution in [3.05, 3.63) is 18.3 Å². The Balaban J connectivity index is 2.07. The summed E-state index contributed by atoms with van der Waals surface area (Å²) in [6.07, 6.45) is 4.88. The lowest BCUT2D eigenvalue weighted by Gasteiger charge is -2.14. The molecule has 1 aromatic rings. The van der Waals surface area contributed by atoms with Crippen LogP contribution in [0, 0.1) is 11.8 Å². The number of anilines is 1. The van der Waals surface area contributed by atoms with Crippen LogP contribution in [-0.2, 0) is 10.0 Å². The summed E-state index contributed by atoms with van der Waals surface area (Å²) in [7, 11) is -3.55. The minimum Gasteiger partial charge on any atom is -0.383 e. The molecule has 1 aliphatic rings. The molecule has 2 rings (SSSR count). The van der Waals surface area contributed by atoms with E-state index in [-0.39, 0.29) is 5.03 Å². The molecule has 1 heterocycles. The maximum atomic E-state index is 12.3. The van der Waals surface area contributed by atoms with Crippen LogP contribution < -0.4 is 10.0 Å². The highest BCUT2D eigenvalue weighted by atomic mass is 32.2. The molecule has 112 valence electrons. The number of nitrogens with one attached hydrogen (secondary N) is 2. The Morgan fingerprint density at radius 1 is 1.45 bits per heavy atom. The smallest absolute Gasteiger partial charge is 0.260 e. The molecule has 2 N–H and O–H groups in total. The van der Waals surface area contributed by atoms with Crippen molar-refractivity contribution in [1.29, 1.82) is 0 Å².